The molecule has 0 heterocycles. The number of esters is 1. The number of carbonyl (C=O) groups excluding carboxylic acids is 1. The maximum Gasteiger partial charge on any atom is 0.330 e. The predicted molar refractivity (Wildman–Crippen MR) is 64.6 cm³/mol. The van der Waals surface area contributed by atoms with Crippen LogP contribution in [0.5, 0.6) is 0 Å². The van der Waals surface area contributed by atoms with E-state index in [0.29, 0.717) is 24.4 Å². The third-order valence-electron chi connectivity index (χ3n) is 3.89. The first-order valence-electron chi connectivity index (χ1n) is 6.31. The van der Waals surface area contributed by atoms with Crippen LogP contribution >= 0.6 is 0 Å². The number of hydrogen-bond donors (Lipinski definition) is 1. The topological polar surface area (TPSA) is 38.3 Å². The normalized spacial score (nSPS) is 25.9. The highest BCUT2D eigenvalue weighted by Gasteiger charge is 2.49. The molecule has 1 saturated carbocycles. The number of carbonyl (C=O) groups is 1. The molecule has 96 valence electrons. The standard InChI is InChI=1S/C14H16FNO2/c1-18-13(17)14(16-9-5-6-9)8-7-10-11(14)3-2-4-12(10)15/h2-4,9,16H,5-8H2,1H3. The number of fused-ring (bicyclic) bond motifs is 1. The van der Waals surface area contributed by atoms with E-state index in [1.807, 2.05) is 6.07 Å². The lowest BCUT2D eigenvalue weighted by Gasteiger charge is -2.29. The van der Waals surface area contributed by atoms with Gasteiger partial charge in [0.05, 0.1) is 7.11 Å². The Bertz CT molecular complexity index is 499. The average Bonchev–Trinajstić information content (AvgIpc) is 3.10. The first-order valence-corrected chi connectivity index (χ1v) is 6.31. The zero-order chi connectivity index (χ0) is 12.8. The van der Waals surface area contributed by atoms with Crippen molar-refractivity contribution in [1.29, 1.82) is 0 Å². The molecular weight excluding hydrogens is 233 g/mol. The summed E-state index contributed by atoms with van der Waals surface area (Å²) in [6.07, 6.45) is 3.30. The second kappa shape index (κ2) is 4.05. The molecule has 2 aliphatic rings. The van der Waals surface area contributed by atoms with Crippen molar-refractivity contribution in [2.45, 2.75) is 37.3 Å². The Labute approximate surface area is 105 Å². The highest BCUT2D eigenvalue weighted by molar-refractivity contribution is 5.84. The maximum absolute atomic E-state index is 13.8. The molecule has 4 heteroatoms. The van der Waals surface area contributed by atoms with Crippen LogP contribution in [0.3, 0.4) is 0 Å². The van der Waals surface area contributed by atoms with Crippen molar-refractivity contribution in [3.63, 3.8) is 0 Å². The van der Waals surface area contributed by atoms with Gasteiger partial charge in [0.1, 0.15) is 11.4 Å². The first-order chi connectivity index (χ1) is 8.67. The number of nitrogens with one attached hydrogen (secondary N) is 1. The quantitative estimate of drug-likeness (QED) is 0.831. The molecule has 1 fully saturated rings. The van der Waals surface area contributed by atoms with Crippen molar-refractivity contribution in [2.24, 2.45) is 0 Å². The zero-order valence-electron chi connectivity index (χ0n) is 10.3. The lowest BCUT2D eigenvalue weighted by Crippen LogP contribution is -2.49. The molecule has 1 unspecified atom stereocenters. The molecule has 0 aromatic heterocycles. The molecule has 0 saturated heterocycles. The minimum atomic E-state index is -0.840. The van der Waals surface area contributed by atoms with E-state index in [2.05, 4.69) is 5.32 Å². The fourth-order valence-electron chi connectivity index (χ4n) is 2.83. The van der Waals surface area contributed by atoms with Crippen LogP contribution in [0.4, 0.5) is 4.39 Å². The van der Waals surface area contributed by atoms with E-state index < -0.39 is 5.54 Å². The largest absolute Gasteiger partial charge is 0.467 e. The van der Waals surface area contributed by atoms with Crippen LogP contribution in [0, 0.1) is 5.82 Å². The molecule has 3 rings (SSSR count). The molecular formula is C14H16FNO2. The third kappa shape index (κ3) is 1.63. The molecule has 1 aromatic carbocycles. The first kappa shape index (κ1) is 11.7. The van der Waals surface area contributed by atoms with Gasteiger partial charge >= 0.3 is 5.97 Å². The highest BCUT2D eigenvalue weighted by atomic mass is 19.1. The SMILES string of the molecule is COC(=O)C1(NC2CC2)CCc2c(F)cccc21. The molecule has 1 N–H and O–H groups in total. The molecule has 0 spiro atoms. The predicted octanol–water partition coefficient (Wildman–Crippen LogP) is 1.89. The monoisotopic (exact) mass is 249 g/mol. The van der Waals surface area contributed by atoms with Crippen LogP contribution in [0.25, 0.3) is 0 Å². The summed E-state index contributed by atoms with van der Waals surface area (Å²) in [6.45, 7) is 0. The van der Waals surface area contributed by atoms with E-state index in [4.69, 9.17) is 4.74 Å². The average molecular weight is 249 g/mol. The Morgan fingerprint density at radius 3 is 2.94 bits per heavy atom. The summed E-state index contributed by atoms with van der Waals surface area (Å²) in [6, 6.07) is 5.30. The van der Waals surface area contributed by atoms with E-state index in [9.17, 15) is 9.18 Å². The van der Waals surface area contributed by atoms with Crippen LogP contribution in [0.15, 0.2) is 18.2 Å². The fourth-order valence-corrected chi connectivity index (χ4v) is 2.83. The minimum absolute atomic E-state index is 0.226. The number of benzene rings is 1. The van der Waals surface area contributed by atoms with Crippen LogP contribution in [0.2, 0.25) is 0 Å². The van der Waals surface area contributed by atoms with Crippen LogP contribution in [0.1, 0.15) is 30.4 Å². The van der Waals surface area contributed by atoms with Gasteiger partial charge in [0.15, 0.2) is 0 Å². The number of methoxy groups -OCH3 is 1. The Balaban J connectivity index is 2.06. The number of rotatable bonds is 3. The van der Waals surface area contributed by atoms with Gasteiger partial charge in [0.25, 0.3) is 0 Å². The minimum Gasteiger partial charge on any atom is -0.467 e. The van der Waals surface area contributed by atoms with Gasteiger partial charge in [-0.15, -0.1) is 0 Å². The van der Waals surface area contributed by atoms with Gasteiger partial charge in [0.2, 0.25) is 0 Å². The molecule has 0 radical (unpaired) electrons. The molecule has 0 amide bonds. The second-order valence-electron chi connectivity index (χ2n) is 5.08. The van der Waals surface area contributed by atoms with Crippen LogP contribution in [-0.4, -0.2) is 19.1 Å². The molecule has 1 aromatic rings. The number of ether oxygens (including phenoxy) is 1. The Hall–Kier alpha value is -1.42. The van der Waals surface area contributed by atoms with E-state index in [1.54, 1.807) is 6.07 Å². The van der Waals surface area contributed by atoms with Crippen molar-refractivity contribution < 1.29 is 13.9 Å². The van der Waals surface area contributed by atoms with Crippen molar-refractivity contribution in [1.82, 2.24) is 5.32 Å². The third-order valence-corrected chi connectivity index (χ3v) is 3.89. The summed E-state index contributed by atoms with van der Waals surface area (Å²) in [5.41, 5.74) is 0.560. The van der Waals surface area contributed by atoms with Gasteiger partial charge in [-0.2, -0.15) is 0 Å². The maximum atomic E-state index is 13.8. The van der Waals surface area contributed by atoms with Gasteiger partial charge in [0, 0.05) is 6.04 Å². The Morgan fingerprint density at radius 2 is 2.28 bits per heavy atom. The van der Waals surface area contributed by atoms with Crippen LogP contribution < -0.4 is 5.32 Å². The molecule has 2 aliphatic carbocycles. The molecule has 0 aliphatic heterocycles. The second-order valence-corrected chi connectivity index (χ2v) is 5.08. The Morgan fingerprint density at radius 1 is 1.50 bits per heavy atom. The molecule has 0 bridgehead atoms. The van der Waals surface area contributed by atoms with E-state index >= 15 is 0 Å². The highest BCUT2D eigenvalue weighted by Crippen LogP contribution is 2.41. The number of hydrogen-bond acceptors (Lipinski definition) is 3. The Kier molecular flexibility index (Phi) is 2.63. The lowest BCUT2D eigenvalue weighted by atomic mass is 9.91. The summed E-state index contributed by atoms with van der Waals surface area (Å²) < 4.78 is 18.7. The van der Waals surface area contributed by atoms with E-state index in [-0.39, 0.29) is 11.8 Å². The molecule has 3 nitrogen and oxygen atoms in total. The van der Waals surface area contributed by atoms with E-state index in [1.165, 1.54) is 13.2 Å². The molecule has 18 heavy (non-hydrogen) atoms. The van der Waals surface area contributed by atoms with E-state index in [0.717, 1.165) is 18.4 Å². The summed E-state index contributed by atoms with van der Waals surface area (Å²) in [5, 5.41) is 3.36. The van der Waals surface area contributed by atoms with Crippen molar-refractivity contribution in [2.75, 3.05) is 7.11 Å². The van der Waals surface area contributed by atoms with Crippen molar-refractivity contribution in [3.05, 3.63) is 35.1 Å². The fraction of sp³-hybridized carbons (Fsp3) is 0.500. The summed E-state index contributed by atoms with van der Waals surface area (Å²) in [4.78, 5) is 12.2. The smallest absolute Gasteiger partial charge is 0.330 e. The van der Waals surface area contributed by atoms with Gasteiger partial charge < -0.3 is 4.74 Å². The zero-order valence-corrected chi connectivity index (χ0v) is 10.3. The summed E-state index contributed by atoms with van der Waals surface area (Å²) >= 11 is 0. The van der Waals surface area contributed by atoms with Gasteiger partial charge in [-0.3, -0.25) is 5.32 Å². The van der Waals surface area contributed by atoms with Crippen molar-refractivity contribution >= 4 is 5.97 Å². The van der Waals surface area contributed by atoms with Gasteiger partial charge in [-0.05, 0) is 42.9 Å². The number of halogens is 1. The van der Waals surface area contributed by atoms with Crippen molar-refractivity contribution in [3.8, 4) is 0 Å². The summed E-state index contributed by atoms with van der Waals surface area (Å²) in [5.74, 6) is -0.533. The van der Waals surface area contributed by atoms with Gasteiger partial charge in [-0.25, -0.2) is 9.18 Å². The molecule has 1 atom stereocenters. The van der Waals surface area contributed by atoms with Crippen LogP contribution in [-0.2, 0) is 21.5 Å². The van der Waals surface area contributed by atoms with Gasteiger partial charge in [-0.1, -0.05) is 12.1 Å². The lowest BCUT2D eigenvalue weighted by molar-refractivity contribution is -0.149. The summed E-state index contributed by atoms with van der Waals surface area (Å²) in [7, 11) is 1.38.